The van der Waals surface area contributed by atoms with Crippen LogP contribution in [-0.2, 0) is 32.0 Å². The molecule has 162 valence electrons. The zero-order valence-electron chi connectivity index (χ0n) is 17.3. The summed E-state index contributed by atoms with van der Waals surface area (Å²) in [5, 5.41) is 3.37. The molecule has 8 heteroatoms. The second-order valence-corrected chi connectivity index (χ2v) is 9.49. The van der Waals surface area contributed by atoms with Gasteiger partial charge in [0.05, 0.1) is 24.5 Å². The van der Waals surface area contributed by atoms with Gasteiger partial charge in [-0.25, -0.2) is 4.79 Å². The van der Waals surface area contributed by atoms with E-state index in [1.54, 1.807) is 0 Å². The molecular formula is C22H28N2O5S. The fourth-order valence-electron chi connectivity index (χ4n) is 5.00. The van der Waals surface area contributed by atoms with Crippen LogP contribution >= 0.6 is 11.3 Å². The molecule has 0 radical (unpaired) electrons. The Morgan fingerprint density at radius 2 is 1.70 bits per heavy atom. The highest BCUT2D eigenvalue weighted by Crippen LogP contribution is 2.39. The number of carbonyl (C=O) groups excluding carboxylic acids is 4. The standard InChI is InChI=1S/C22H28N2O5S/c1-29-22(28)18-15-9-3-2-4-10-16(15)30-19(18)23-17(25)11-12-24-20(26)13-7-5-6-8-14(13)21(24)27/h13-14H,2-12H2,1H3,(H,23,25)/t13-,14-/m0/s1. The molecule has 1 saturated heterocycles. The summed E-state index contributed by atoms with van der Waals surface area (Å²) in [5.74, 6) is -1.39. The Labute approximate surface area is 180 Å². The van der Waals surface area contributed by atoms with Crippen LogP contribution in [0.15, 0.2) is 0 Å². The number of carbonyl (C=O) groups is 4. The van der Waals surface area contributed by atoms with E-state index >= 15 is 0 Å². The highest BCUT2D eigenvalue weighted by atomic mass is 32.1. The van der Waals surface area contributed by atoms with E-state index < -0.39 is 5.97 Å². The second-order valence-electron chi connectivity index (χ2n) is 8.38. The quantitative estimate of drug-likeness (QED) is 0.438. The number of ether oxygens (including phenoxy) is 1. The van der Waals surface area contributed by atoms with Crippen molar-refractivity contribution in [2.75, 3.05) is 19.0 Å². The molecule has 7 nitrogen and oxygen atoms in total. The monoisotopic (exact) mass is 432 g/mol. The number of nitrogens with one attached hydrogen (secondary N) is 1. The van der Waals surface area contributed by atoms with Gasteiger partial charge < -0.3 is 10.1 Å². The normalized spacial score (nSPS) is 23.6. The first-order valence-electron chi connectivity index (χ1n) is 10.9. The minimum absolute atomic E-state index is 0.0279. The van der Waals surface area contributed by atoms with E-state index in [9.17, 15) is 19.2 Å². The van der Waals surface area contributed by atoms with E-state index in [2.05, 4.69) is 5.32 Å². The van der Waals surface area contributed by atoms with Gasteiger partial charge >= 0.3 is 5.97 Å². The fourth-order valence-corrected chi connectivity index (χ4v) is 6.30. The Morgan fingerprint density at radius 3 is 2.37 bits per heavy atom. The Morgan fingerprint density at radius 1 is 1.03 bits per heavy atom. The lowest BCUT2D eigenvalue weighted by atomic mass is 9.81. The molecule has 0 unspecified atom stereocenters. The van der Waals surface area contributed by atoms with Crippen molar-refractivity contribution in [1.29, 1.82) is 0 Å². The molecule has 2 fully saturated rings. The van der Waals surface area contributed by atoms with Crippen LogP contribution in [0.1, 0.15) is 72.2 Å². The van der Waals surface area contributed by atoms with Crippen molar-refractivity contribution < 1.29 is 23.9 Å². The van der Waals surface area contributed by atoms with Crippen molar-refractivity contribution in [3.8, 4) is 0 Å². The number of nitrogens with zero attached hydrogens (tertiary/aromatic N) is 1. The van der Waals surface area contributed by atoms with Crippen molar-refractivity contribution >= 4 is 40.0 Å². The number of fused-ring (bicyclic) bond motifs is 2. The third kappa shape index (κ3) is 3.89. The molecule has 2 heterocycles. The van der Waals surface area contributed by atoms with Crippen LogP contribution in [-0.4, -0.2) is 42.2 Å². The van der Waals surface area contributed by atoms with Crippen LogP contribution in [0.5, 0.6) is 0 Å². The van der Waals surface area contributed by atoms with E-state index in [0.29, 0.717) is 10.6 Å². The number of imide groups is 1. The zero-order valence-corrected chi connectivity index (χ0v) is 18.1. The van der Waals surface area contributed by atoms with E-state index in [1.165, 1.54) is 23.3 Å². The third-order valence-corrected chi connectivity index (χ3v) is 7.77. The van der Waals surface area contributed by atoms with Crippen LogP contribution in [0.4, 0.5) is 5.00 Å². The van der Waals surface area contributed by atoms with Crippen molar-refractivity contribution in [2.24, 2.45) is 11.8 Å². The SMILES string of the molecule is COC(=O)c1c(NC(=O)CCN2C(=O)[C@H]3CCCC[C@@H]3C2=O)sc2c1CCCCC2. The maximum absolute atomic E-state index is 12.6. The van der Waals surface area contributed by atoms with Gasteiger partial charge in [-0.15, -0.1) is 11.3 Å². The number of rotatable bonds is 5. The number of anilines is 1. The molecule has 3 aliphatic rings. The van der Waals surface area contributed by atoms with Gasteiger partial charge in [-0.2, -0.15) is 0 Å². The van der Waals surface area contributed by atoms with Gasteiger partial charge in [0.2, 0.25) is 17.7 Å². The van der Waals surface area contributed by atoms with Gasteiger partial charge in [0.1, 0.15) is 5.00 Å². The highest BCUT2D eigenvalue weighted by molar-refractivity contribution is 7.17. The Hall–Kier alpha value is -2.22. The maximum Gasteiger partial charge on any atom is 0.341 e. The first kappa shape index (κ1) is 21.0. The first-order valence-corrected chi connectivity index (χ1v) is 11.7. The molecule has 4 rings (SSSR count). The summed E-state index contributed by atoms with van der Waals surface area (Å²) in [5.41, 5.74) is 1.46. The first-order chi connectivity index (χ1) is 14.5. The van der Waals surface area contributed by atoms with Crippen LogP contribution in [0.2, 0.25) is 0 Å². The molecule has 30 heavy (non-hydrogen) atoms. The predicted octanol–water partition coefficient (Wildman–Crippen LogP) is 3.31. The topological polar surface area (TPSA) is 92.8 Å². The van der Waals surface area contributed by atoms with Gasteiger partial charge in [0, 0.05) is 17.8 Å². The van der Waals surface area contributed by atoms with Crippen LogP contribution in [0, 0.1) is 11.8 Å². The minimum Gasteiger partial charge on any atom is -0.465 e. The third-order valence-electron chi connectivity index (χ3n) is 6.56. The lowest BCUT2D eigenvalue weighted by molar-refractivity contribution is -0.140. The van der Waals surface area contributed by atoms with Gasteiger partial charge in [-0.3, -0.25) is 19.3 Å². The molecular weight excluding hydrogens is 404 g/mol. The summed E-state index contributed by atoms with van der Waals surface area (Å²) in [4.78, 5) is 52.6. The van der Waals surface area contributed by atoms with Crippen molar-refractivity contribution in [2.45, 2.75) is 64.2 Å². The summed E-state index contributed by atoms with van der Waals surface area (Å²) < 4.78 is 4.97. The smallest absolute Gasteiger partial charge is 0.341 e. The average molecular weight is 433 g/mol. The average Bonchev–Trinajstić information content (AvgIpc) is 3.08. The summed E-state index contributed by atoms with van der Waals surface area (Å²) >= 11 is 1.44. The van der Waals surface area contributed by atoms with Crippen molar-refractivity contribution in [3.05, 3.63) is 16.0 Å². The minimum atomic E-state index is -0.432. The summed E-state index contributed by atoms with van der Waals surface area (Å²) in [6.45, 7) is 0.0924. The molecule has 1 N–H and O–H groups in total. The molecule has 0 aromatic carbocycles. The van der Waals surface area contributed by atoms with E-state index in [0.717, 1.165) is 68.2 Å². The number of likely N-dealkylation sites (tertiary alicyclic amines) is 1. The van der Waals surface area contributed by atoms with Crippen LogP contribution in [0.3, 0.4) is 0 Å². The highest BCUT2D eigenvalue weighted by Gasteiger charge is 2.47. The Kier molecular flexibility index (Phi) is 6.22. The van der Waals surface area contributed by atoms with E-state index in [-0.39, 0.29) is 42.5 Å². The van der Waals surface area contributed by atoms with Crippen LogP contribution in [0.25, 0.3) is 0 Å². The molecule has 1 aromatic rings. The number of amides is 3. The number of thiophene rings is 1. The number of aryl methyl sites for hydroxylation is 1. The van der Waals surface area contributed by atoms with Crippen LogP contribution < -0.4 is 5.32 Å². The fraction of sp³-hybridized carbons (Fsp3) is 0.636. The number of methoxy groups -OCH3 is 1. The predicted molar refractivity (Wildman–Crippen MR) is 112 cm³/mol. The number of esters is 1. The second kappa shape index (κ2) is 8.88. The number of hydrogen-bond donors (Lipinski definition) is 1. The molecule has 0 bridgehead atoms. The molecule has 1 saturated carbocycles. The number of hydrogen-bond acceptors (Lipinski definition) is 6. The van der Waals surface area contributed by atoms with Crippen molar-refractivity contribution in [1.82, 2.24) is 4.90 Å². The van der Waals surface area contributed by atoms with Gasteiger partial charge in [-0.05, 0) is 44.1 Å². The molecule has 2 aliphatic carbocycles. The van der Waals surface area contributed by atoms with E-state index in [4.69, 9.17) is 4.74 Å². The Bertz CT molecular complexity index is 853. The van der Waals surface area contributed by atoms with Crippen molar-refractivity contribution in [3.63, 3.8) is 0 Å². The van der Waals surface area contributed by atoms with Gasteiger partial charge in [0.25, 0.3) is 0 Å². The Balaban J connectivity index is 1.44. The molecule has 2 atom stereocenters. The lowest BCUT2D eigenvalue weighted by Gasteiger charge is -2.19. The summed E-state index contributed by atoms with van der Waals surface area (Å²) in [6, 6.07) is 0. The molecule has 0 spiro atoms. The molecule has 1 aromatic heterocycles. The van der Waals surface area contributed by atoms with Gasteiger partial charge in [0.15, 0.2) is 0 Å². The largest absolute Gasteiger partial charge is 0.465 e. The summed E-state index contributed by atoms with van der Waals surface area (Å²) in [7, 11) is 1.35. The molecule has 3 amide bonds. The molecule has 1 aliphatic heterocycles. The zero-order chi connectivity index (χ0) is 21.3. The van der Waals surface area contributed by atoms with Gasteiger partial charge in [-0.1, -0.05) is 19.3 Å². The summed E-state index contributed by atoms with van der Waals surface area (Å²) in [6.07, 6.45) is 8.45. The van der Waals surface area contributed by atoms with E-state index in [1.807, 2.05) is 0 Å². The lowest BCUT2D eigenvalue weighted by Crippen LogP contribution is -2.34. The maximum atomic E-state index is 12.6.